The molecule has 88 valence electrons. The van der Waals surface area contributed by atoms with Crippen molar-refractivity contribution in [1.29, 1.82) is 0 Å². The molecule has 2 aromatic heterocycles. The van der Waals surface area contributed by atoms with E-state index >= 15 is 0 Å². The Kier molecular flexibility index (Phi) is 3.18. The Morgan fingerprint density at radius 1 is 1.18 bits per heavy atom. The van der Waals surface area contributed by atoms with Gasteiger partial charge < -0.3 is 10.5 Å². The van der Waals surface area contributed by atoms with Gasteiger partial charge in [-0.1, -0.05) is 0 Å². The first-order chi connectivity index (χ1) is 8.15. The maximum atomic E-state index is 5.61. The molecule has 0 saturated carbocycles. The van der Waals surface area contributed by atoms with Gasteiger partial charge in [0, 0.05) is 17.8 Å². The topological polar surface area (TPSA) is 73.9 Å². The van der Waals surface area contributed by atoms with E-state index in [0.717, 1.165) is 17.0 Å². The first-order valence-electron chi connectivity index (χ1n) is 5.35. The number of nitrogen functional groups attached to an aromatic ring is 1. The summed E-state index contributed by atoms with van der Waals surface area (Å²) in [5, 5.41) is 0. The molecule has 5 nitrogen and oxygen atoms in total. The van der Waals surface area contributed by atoms with Crippen molar-refractivity contribution in [2.24, 2.45) is 0 Å². The molecule has 0 unspecified atom stereocenters. The van der Waals surface area contributed by atoms with Crippen LogP contribution in [0.1, 0.15) is 13.8 Å². The van der Waals surface area contributed by atoms with Crippen molar-refractivity contribution in [3.63, 3.8) is 0 Å². The van der Waals surface area contributed by atoms with Crippen LogP contribution in [0.4, 0.5) is 5.82 Å². The van der Waals surface area contributed by atoms with Crippen LogP contribution in [0.15, 0.2) is 30.9 Å². The van der Waals surface area contributed by atoms with Crippen LogP contribution in [0.25, 0.3) is 11.3 Å². The van der Waals surface area contributed by atoms with Crippen LogP contribution in [0.5, 0.6) is 5.75 Å². The highest BCUT2D eigenvalue weighted by atomic mass is 16.5. The van der Waals surface area contributed by atoms with E-state index in [1.54, 1.807) is 18.5 Å². The van der Waals surface area contributed by atoms with Gasteiger partial charge in [0.1, 0.15) is 17.9 Å². The maximum absolute atomic E-state index is 5.61. The maximum Gasteiger partial charge on any atom is 0.138 e. The second-order valence-electron chi connectivity index (χ2n) is 3.90. The zero-order chi connectivity index (χ0) is 12.3. The third-order valence-electron chi connectivity index (χ3n) is 2.07. The lowest BCUT2D eigenvalue weighted by Crippen LogP contribution is -2.05. The number of hydrogen-bond donors (Lipinski definition) is 1. The second-order valence-corrected chi connectivity index (χ2v) is 3.90. The summed E-state index contributed by atoms with van der Waals surface area (Å²) in [5.74, 6) is 1.15. The summed E-state index contributed by atoms with van der Waals surface area (Å²) < 4.78 is 5.57. The van der Waals surface area contributed by atoms with E-state index in [-0.39, 0.29) is 6.10 Å². The first kappa shape index (κ1) is 11.3. The largest absolute Gasteiger partial charge is 0.489 e. The van der Waals surface area contributed by atoms with Gasteiger partial charge in [-0.3, -0.25) is 4.98 Å². The van der Waals surface area contributed by atoms with Gasteiger partial charge in [0.15, 0.2) is 0 Å². The number of pyridine rings is 1. The summed E-state index contributed by atoms with van der Waals surface area (Å²) in [7, 11) is 0. The molecule has 0 aromatic carbocycles. The van der Waals surface area contributed by atoms with Crippen LogP contribution < -0.4 is 10.5 Å². The number of rotatable bonds is 3. The number of hydrogen-bond acceptors (Lipinski definition) is 5. The molecule has 2 N–H and O–H groups in total. The minimum absolute atomic E-state index is 0.113. The average molecular weight is 230 g/mol. The Balaban J connectivity index is 2.33. The molecule has 2 heterocycles. The zero-order valence-electron chi connectivity index (χ0n) is 9.79. The Bertz CT molecular complexity index is 513. The van der Waals surface area contributed by atoms with E-state index < -0.39 is 0 Å². The lowest BCUT2D eigenvalue weighted by atomic mass is 10.2. The Morgan fingerprint density at radius 2 is 2.00 bits per heavy atom. The summed E-state index contributed by atoms with van der Waals surface area (Å²) in [6.07, 6.45) is 4.94. The summed E-state index contributed by atoms with van der Waals surface area (Å²) in [6, 6.07) is 3.59. The highest BCUT2D eigenvalue weighted by Crippen LogP contribution is 2.21. The lowest BCUT2D eigenvalue weighted by Gasteiger charge is -2.10. The molecule has 0 bridgehead atoms. The van der Waals surface area contributed by atoms with Crippen molar-refractivity contribution in [3.05, 3.63) is 30.9 Å². The van der Waals surface area contributed by atoms with Crippen molar-refractivity contribution in [2.75, 3.05) is 5.73 Å². The van der Waals surface area contributed by atoms with Crippen molar-refractivity contribution in [3.8, 4) is 17.0 Å². The lowest BCUT2D eigenvalue weighted by molar-refractivity contribution is 0.241. The van der Waals surface area contributed by atoms with Gasteiger partial charge in [-0.05, 0) is 19.9 Å². The van der Waals surface area contributed by atoms with Gasteiger partial charge in [0.25, 0.3) is 0 Å². The molecule has 0 saturated heterocycles. The molecule has 0 fully saturated rings. The third kappa shape index (κ3) is 2.90. The van der Waals surface area contributed by atoms with Crippen molar-refractivity contribution in [2.45, 2.75) is 20.0 Å². The van der Waals surface area contributed by atoms with Crippen LogP contribution in [-0.4, -0.2) is 21.1 Å². The molecule has 2 rings (SSSR count). The molecule has 5 heteroatoms. The minimum atomic E-state index is 0.113. The van der Waals surface area contributed by atoms with Gasteiger partial charge in [0.05, 0.1) is 18.0 Å². The molecule has 0 aliphatic carbocycles. The molecule has 0 atom stereocenters. The highest BCUT2D eigenvalue weighted by Gasteiger charge is 2.04. The van der Waals surface area contributed by atoms with Gasteiger partial charge in [0.2, 0.25) is 0 Å². The van der Waals surface area contributed by atoms with E-state index in [4.69, 9.17) is 10.5 Å². The first-order valence-corrected chi connectivity index (χ1v) is 5.35. The zero-order valence-corrected chi connectivity index (χ0v) is 9.79. The molecule has 17 heavy (non-hydrogen) atoms. The Hall–Kier alpha value is -2.17. The molecule has 0 amide bonds. The fourth-order valence-corrected chi connectivity index (χ4v) is 1.43. The van der Waals surface area contributed by atoms with Gasteiger partial charge in [-0.15, -0.1) is 0 Å². The van der Waals surface area contributed by atoms with E-state index in [1.807, 2.05) is 19.9 Å². The van der Waals surface area contributed by atoms with E-state index in [0.29, 0.717) is 5.82 Å². The van der Waals surface area contributed by atoms with Crippen molar-refractivity contribution < 1.29 is 4.74 Å². The number of nitrogens with zero attached hydrogens (tertiary/aromatic N) is 3. The Labute approximate surface area is 99.7 Å². The summed E-state index contributed by atoms with van der Waals surface area (Å²) >= 11 is 0. The highest BCUT2D eigenvalue weighted by molar-refractivity contribution is 5.61. The second kappa shape index (κ2) is 4.78. The quantitative estimate of drug-likeness (QED) is 0.871. The molecule has 2 aromatic rings. The smallest absolute Gasteiger partial charge is 0.138 e. The summed E-state index contributed by atoms with van der Waals surface area (Å²) in [4.78, 5) is 12.1. The van der Waals surface area contributed by atoms with Crippen LogP contribution in [-0.2, 0) is 0 Å². The fourth-order valence-electron chi connectivity index (χ4n) is 1.43. The van der Waals surface area contributed by atoms with Crippen molar-refractivity contribution in [1.82, 2.24) is 15.0 Å². The molecule has 0 radical (unpaired) electrons. The Morgan fingerprint density at radius 3 is 2.71 bits per heavy atom. The van der Waals surface area contributed by atoms with E-state index in [9.17, 15) is 0 Å². The molecule has 0 aliphatic rings. The van der Waals surface area contributed by atoms with Crippen LogP contribution >= 0.6 is 0 Å². The number of ether oxygens (including phenoxy) is 1. The van der Waals surface area contributed by atoms with E-state index in [1.165, 1.54) is 6.33 Å². The summed E-state index contributed by atoms with van der Waals surface area (Å²) in [6.45, 7) is 3.94. The average Bonchev–Trinajstić information content (AvgIpc) is 2.28. The number of nitrogens with two attached hydrogens (primary N) is 1. The van der Waals surface area contributed by atoms with Crippen molar-refractivity contribution >= 4 is 5.82 Å². The summed E-state index contributed by atoms with van der Waals surface area (Å²) in [5.41, 5.74) is 7.21. The van der Waals surface area contributed by atoms with Crippen LogP contribution in [0.3, 0.4) is 0 Å². The molecule has 0 aliphatic heterocycles. The predicted octanol–water partition coefficient (Wildman–Crippen LogP) is 1.91. The minimum Gasteiger partial charge on any atom is -0.489 e. The van der Waals surface area contributed by atoms with Crippen LogP contribution in [0, 0.1) is 0 Å². The fraction of sp³-hybridized carbons (Fsp3) is 0.250. The van der Waals surface area contributed by atoms with Gasteiger partial charge >= 0.3 is 0 Å². The van der Waals surface area contributed by atoms with Gasteiger partial charge in [-0.25, -0.2) is 9.97 Å². The SMILES string of the molecule is CC(C)Oc1cncc(-c2cc(N)ncn2)c1. The van der Waals surface area contributed by atoms with Gasteiger partial charge in [-0.2, -0.15) is 0 Å². The monoisotopic (exact) mass is 230 g/mol. The standard InChI is InChI=1S/C12H14N4O/c1-8(2)17-10-3-9(5-14-6-10)11-4-12(13)16-7-15-11/h3-8H,1-2H3,(H2,13,15,16). The van der Waals surface area contributed by atoms with E-state index in [2.05, 4.69) is 15.0 Å². The number of anilines is 1. The third-order valence-corrected chi connectivity index (χ3v) is 2.07. The molecular weight excluding hydrogens is 216 g/mol. The van der Waals surface area contributed by atoms with Crippen LogP contribution in [0.2, 0.25) is 0 Å². The predicted molar refractivity (Wildman–Crippen MR) is 65.4 cm³/mol. The number of aromatic nitrogens is 3. The normalized spacial score (nSPS) is 10.5. The molecular formula is C12H14N4O. The molecule has 0 spiro atoms.